The molecule has 0 aromatic heterocycles. The summed E-state index contributed by atoms with van der Waals surface area (Å²) in [7, 11) is 0. The van der Waals surface area contributed by atoms with Gasteiger partial charge in [-0.1, -0.05) is 0 Å². The molecule has 4 nitrogen and oxygen atoms in total. The van der Waals surface area contributed by atoms with Crippen LogP contribution >= 0.6 is 0 Å². The molecule has 0 saturated carbocycles. The fourth-order valence-corrected chi connectivity index (χ4v) is 1.80. The Labute approximate surface area is 230 Å². The van der Waals surface area contributed by atoms with Crippen molar-refractivity contribution in [3.05, 3.63) is 0 Å². The summed E-state index contributed by atoms with van der Waals surface area (Å²) in [5.74, 6) is -3.25. The van der Waals surface area contributed by atoms with Crippen LogP contribution in [0.2, 0.25) is 4.59 Å². The molecule has 0 N–H and O–H groups in total. The zero-order chi connectivity index (χ0) is 15.8. The summed E-state index contributed by atoms with van der Waals surface area (Å²) in [6, 6.07) is 0. The van der Waals surface area contributed by atoms with E-state index in [2.05, 4.69) is 31.6 Å². The Hall–Kier alpha value is 2.81. The maximum absolute atomic E-state index is 9.28. The van der Waals surface area contributed by atoms with Crippen molar-refractivity contribution in [3.63, 3.8) is 0 Å². The Morgan fingerprint density at radius 3 is 1.50 bits per heavy atom. The Bertz CT molecular complexity index is 240. The number of unbranched alkanes of at least 4 members (excludes halogenated alkanes) is 7. The van der Waals surface area contributed by atoms with Gasteiger partial charge in [0.2, 0.25) is 0 Å². The monoisotopic (exact) mass is 356 g/mol. The normalized spacial score (nSPS) is 10.4. The molecule has 114 valence electrons. The number of hydrogen-bond acceptors (Lipinski definition) is 4. The van der Waals surface area contributed by atoms with E-state index in [4.69, 9.17) is 0 Å². The van der Waals surface area contributed by atoms with Crippen molar-refractivity contribution in [1.82, 2.24) is 0 Å². The molecule has 0 radical (unpaired) electrons. The van der Waals surface area contributed by atoms with Crippen molar-refractivity contribution >= 4 is 29.7 Å². The first-order valence-corrected chi connectivity index (χ1v) is 7.79. The molecule has 0 aliphatic carbocycles. The molecule has 0 aliphatic rings. The van der Waals surface area contributed by atoms with E-state index in [1.54, 1.807) is 0 Å². The van der Waals surface area contributed by atoms with Gasteiger partial charge >= 0.3 is 197 Å². The summed E-state index contributed by atoms with van der Waals surface area (Å²) in [4.78, 5) is 18.6. The van der Waals surface area contributed by atoms with Crippen LogP contribution in [0.5, 0.6) is 0 Å². The number of carboxylic acid groups (broad SMARTS) is 2. The van der Waals surface area contributed by atoms with Crippen molar-refractivity contribution in [1.29, 1.82) is 0 Å². The molecule has 0 fully saturated rings. The van der Waals surface area contributed by atoms with E-state index < -0.39 is 18.4 Å². The number of carbonyl (C=O) groups is 2. The molecule has 1 atom stereocenters. The van der Waals surface area contributed by atoms with Gasteiger partial charge in [-0.05, 0) is 0 Å². The summed E-state index contributed by atoms with van der Waals surface area (Å²) >= 11 is 2.32. The Balaban J connectivity index is -0.000000156. The molecule has 22 heavy (non-hydrogen) atoms. The molecule has 0 saturated heterocycles. The first kappa shape index (κ1) is 32.5. The van der Waals surface area contributed by atoms with Gasteiger partial charge in [0.05, 0.1) is 0 Å². The van der Waals surface area contributed by atoms with E-state index in [-0.39, 0.29) is 103 Å². The van der Waals surface area contributed by atoms with Crippen molar-refractivity contribution in [2.45, 2.75) is 82.6 Å². The van der Waals surface area contributed by atoms with E-state index >= 15 is 0 Å². The standard InChI is InChI=1S/C12H25.C3H4O4.2K.Li/c1-3-5-7-9-11-12-10-8-6-4-2;4-2(5)1-3(6)7;;;/h3H,4-12H2,1-2H3;1H2,(H,4,5)(H,6,7);;;/q;;2*+1;/p-2. The molecule has 7 heteroatoms. The third-order valence-electron chi connectivity index (χ3n) is 2.92. The van der Waals surface area contributed by atoms with Gasteiger partial charge in [0.25, 0.3) is 0 Å². The van der Waals surface area contributed by atoms with Gasteiger partial charge in [-0.15, -0.1) is 0 Å². The van der Waals surface area contributed by atoms with E-state index in [1.807, 2.05) is 0 Å². The minimum atomic E-state index is -1.63. The average molecular weight is 357 g/mol. The third kappa shape index (κ3) is 38.4. The topological polar surface area (TPSA) is 80.3 Å². The summed E-state index contributed by atoms with van der Waals surface area (Å²) < 4.78 is 0.903. The number of rotatable bonds is 11. The van der Waals surface area contributed by atoms with Crippen molar-refractivity contribution in [3.8, 4) is 0 Å². The minimum absolute atomic E-state index is 0. The summed E-state index contributed by atoms with van der Waals surface area (Å²) in [5, 5.41) is 18.6. The van der Waals surface area contributed by atoms with Gasteiger partial charge in [0, 0.05) is 18.4 Å². The first-order chi connectivity index (χ1) is 9.40. The molecular formula is C15H27K2LiO4. The molecule has 0 spiro atoms. The quantitative estimate of drug-likeness (QED) is 0.212. The molecule has 0 aromatic carbocycles. The van der Waals surface area contributed by atoms with Crippen LogP contribution in [0, 0.1) is 0 Å². The average Bonchev–Trinajstić information content (AvgIpc) is 2.31. The van der Waals surface area contributed by atoms with Crippen LogP contribution in [0.4, 0.5) is 0 Å². The van der Waals surface area contributed by atoms with E-state index in [0.29, 0.717) is 0 Å². The Morgan fingerprint density at radius 2 is 1.23 bits per heavy atom. The number of aliphatic carboxylic acids is 2. The van der Waals surface area contributed by atoms with Gasteiger partial charge in [-0.2, -0.15) is 0 Å². The Morgan fingerprint density at radius 1 is 0.864 bits per heavy atom. The molecule has 0 bridgehead atoms. The van der Waals surface area contributed by atoms with Crippen LogP contribution in [0.15, 0.2) is 0 Å². The first-order valence-electron chi connectivity index (χ1n) is 7.79. The van der Waals surface area contributed by atoms with E-state index in [9.17, 15) is 19.8 Å². The van der Waals surface area contributed by atoms with Crippen molar-refractivity contribution in [2.75, 3.05) is 0 Å². The Kier molecular flexibility index (Phi) is 38.4. The van der Waals surface area contributed by atoms with Crippen LogP contribution in [0.25, 0.3) is 0 Å². The van der Waals surface area contributed by atoms with E-state index in [1.165, 1.54) is 57.8 Å². The molecule has 0 aliphatic heterocycles. The van der Waals surface area contributed by atoms with E-state index in [0.717, 1.165) is 4.59 Å². The van der Waals surface area contributed by atoms with Crippen molar-refractivity contribution < 1.29 is 123 Å². The van der Waals surface area contributed by atoms with Gasteiger partial charge in [0.1, 0.15) is 0 Å². The summed E-state index contributed by atoms with van der Waals surface area (Å²) in [5.41, 5.74) is 0. The third-order valence-corrected chi connectivity index (χ3v) is 2.92. The molecular weight excluding hydrogens is 329 g/mol. The number of hydrogen-bond donors (Lipinski definition) is 0. The number of carboxylic acids is 2. The molecule has 0 heterocycles. The van der Waals surface area contributed by atoms with Crippen molar-refractivity contribution in [2.24, 2.45) is 0 Å². The molecule has 0 amide bonds. The van der Waals surface area contributed by atoms with Gasteiger partial charge in [-0.3, -0.25) is 0 Å². The molecule has 0 rings (SSSR count). The zero-order valence-corrected chi connectivity index (χ0v) is 21.5. The predicted molar refractivity (Wildman–Crippen MR) is 77.0 cm³/mol. The fourth-order valence-electron chi connectivity index (χ4n) is 1.80. The van der Waals surface area contributed by atoms with Gasteiger partial charge in [-0.25, -0.2) is 0 Å². The second-order valence-corrected chi connectivity index (χ2v) is 5.58. The maximum atomic E-state index is 9.28. The fraction of sp³-hybridized carbons (Fsp3) is 0.867. The summed E-state index contributed by atoms with van der Waals surface area (Å²) in [6.45, 7) is 4.60. The summed E-state index contributed by atoms with van der Waals surface area (Å²) in [6.07, 6.45) is 12.0. The molecule has 1 unspecified atom stereocenters. The van der Waals surface area contributed by atoms with Crippen LogP contribution < -0.4 is 113 Å². The number of carbonyl (C=O) groups excluding carboxylic acids is 2. The van der Waals surface area contributed by atoms with Gasteiger partial charge in [0.15, 0.2) is 0 Å². The van der Waals surface area contributed by atoms with Crippen LogP contribution in [0.1, 0.15) is 78.1 Å². The molecule has 0 aromatic rings. The zero-order valence-electron chi connectivity index (χ0n) is 15.3. The van der Waals surface area contributed by atoms with Crippen LogP contribution in [-0.2, 0) is 9.59 Å². The SMILES string of the molecule is O=C([O-])CC(=O)[O-].[K+].[K+].[Li][CH](C)CCCCCCCCCC. The second-order valence-electron chi connectivity index (χ2n) is 5.58. The van der Waals surface area contributed by atoms with Gasteiger partial charge < -0.3 is 19.8 Å². The van der Waals surface area contributed by atoms with Crippen LogP contribution in [0.3, 0.4) is 0 Å². The van der Waals surface area contributed by atoms with Crippen LogP contribution in [-0.4, -0.2) is 29.7 Å². The second kappa shape index (κ2) is 26.0. The predicted octanol–water partition coefficient (Wildman–Crippen LogP) is -4.62.